The highest BCUT2D eigenvalue weighted by molar-refractivity contribution is 5.99. The number of hydrogen-bond donors (Lipinski definition) is 0. The summed E-state index contributed by atoms with van der Waals surface area (Å²) in [5.74, 6) is 1.08. The number of carbonyl (C=O) groups is 1. The fraction of sp³-hybridized carbons (Fsp3) is 0.333. The molecule has 1 amide bonds. The van der Waals surface area contributed by atoms with E-state index in [1.54, 1.807) is 30.8 Å². The second-order valence-electron chi connectivity index (χ2n) is 7.56. The van der Waals surface area contributed by atoms with Gasteiger partial charge in [0.05, 0.1) is 26.0 Å². The number of likely N-dealkylation sites (N-methyl/N-ethyl adjacent to an activating group) is 1. The summed E-state index contributed by atoms with van der Waals surface area (Å²) >= 11 is 0. The fourth-order valence-electron chi connectivity index (χ4n) is 3.82. The number of ether oxygens (including phenoxy) is 3. The number of benzene rings is 2. The molecule has 2 heterocycles. The third kappa shape index (κ3) is 4.41. The van der Waals surface area contributed by atoms with Gasteiger partial charge in [-0.3, -0.25) is 4.79 Å². The van der Waals surface area contributed by atoms with Crippen LogP contribution in [0.5, 0.6) is 11.5 Å². The Morgan fingerprint density at radius 2 is 1.94 bits per heavy atom. The molecule has 1 aliphatic rings. The second kappa shape index (κ2) is 9.22. The van der Waals surface area contributed by atoms with Crippen molar-refractivity contribution in [2.45, 2.75) is 18.9 Å². The van der Waals surface area contributed by atoms with E-state index in [9.17, 15) is 4.79 Å². The van der Waals surface area contributed by atoms with Crippen molar-refractivity contribution in [1.29, 1.82) is 0 Å². The van der Waals surface area contributed by atoms with Crippen molar-refractivity contribution in [2.24, 2.45) is 0 Å². The van der Waals surface area contributed by atoms with Crippen molar-refractivity contribution >= 4 is 5.91 Å². The van der Waals surface area contributed by atoms with Crippen LogP contribution in [0, 0.1) is 0 Å². The SMILES string of the molecule is COc1ccc(-c2cn(-c3ccccc3)nc2C(=O)N(C)CC2CCCO2)cc1OC. The van der Waals surface area contributed by atoms with Gasteiger partial charge < -0.3 is 19.1 Å². The summed E-state index contributed by atoms with van der Waals surface area (Å²) in [6.07, 6.45) is 3.96. The molecule has 0 N–H and O–H groups in total. The van der Waals surface area contributed by atoms with Gasteiger partial charge in [0, 0.05) is 32.0 Å². The molecule has 31 heavy (non-hydrogen) atoms. The minimum Gasteiger partial charge on any atom is -0.493 e. The van der Waals surface area contributed by atoms with Gasteiger partial charge in [0.1, 0.15) is 0 Å². The average Bonchev–Trinajstić information content (AvgIpc) is 3.49. The summed E-state index contributed by atoms with van der Waals surface area (Å²) < 4.78 is 18.3. The average molecular weight is 421 g/mol. The summed E-state index contributed by atoms with van der Waals surface area (Å²) in [7, 11) is 4.99. The van der Waals surface area contributed by atoms with Gasteiger partial charge in [-0.15, -0.1) is 0 Å². The van der Waals surface area contributed by atoms with Crippen molar-refractivity contribution < 1.29 is 19.0 Å². The first kappa shape index (κ1) is 20.9. The van der Waals surface area contributed by atoms with Crippen LogP contribution in [-0.4, -0.2) is 61.1 Å². The number of rotatable bonds is 7. The monoisotopic (exact) mass is 421 g/mol. The standard InChI is InChI=1S/C24H27N3O4/c1-26(15-19-10-7-13-31-19)24(28)23-20(16-27(25-23)18-8-5-4-6-9-18)17-11-12-21(29-2)22(14-17)30-3/h4-6,8-9,11-12,14,16,19H,7,10,13,15H2,1-3H3. The maximum absolute atomic E-state index is 13.4. The van der Waals surface area contributed by atoms with E-state index in [1.165, 1.54) is 0 Å². The van der Waals surface area contributed by atoms with Crippen LogP contribution < -0.4 is 9.47 Å². The first-order valence-electron chi connectivity index (χ1n) is 10.3. The zero-order valence-corrected chi connectivity index (χ0v) is 18.1. The zero-order valence-electron chi connectivity index (χ0n) is 18.1. The molecule has 0 radical (unpaired) electrons. The lowest BCUT2D eigenvalue weighted by atomic mass is 10.0. The Bertz CT molecular complexity index is 1040. The molecule has 1 fully saturated rings. The van der Waals surface area contributed by atoms with Crippen LogP contribution in [0.3, 0.4) is 0 Å². The van der Waals surface area contributed by atoms with Crippen molar-refractivity contribution in [3.05, 3.63) is 60.4 Å². The van der Waals surface area contributed by atoms with E-state index >= 15 is 0 Å². The fourth-order valence-corrected chi connectivity index (χ4v) is 3.82. The van der Waals surface area contributed by atoms with Crippen LogP contribution in [0.4, 0.5) is 0 Å². The lowest BCUT2D eigenvalue weighted by Gasteiger charge is -2.20. The maximum atomic E-state index is 13.4. The highest BCUT2D eigenvalue weighted by Crippen LogP contribution is 2.34. The van der Waals surface area contributed by atoms with Gasteiger partial charge in [-0.05, 0) is 42.7 Å². The van der Waals surface area contributed by atoms with E-state index in [0.717, 1.165) is 36.3 Å². The number of hydrogen-bond acceptors (Lipinski definition) is 5. The molecular weight excluding hydrogens is 394 g/mol. The van der Waals surface area contributed by atoms with Crippen LogP contribution >= 0.6 is 0 Å². The number of nitrogens with zero attached hydrogens (tertiary/aromatic N) is 3. The van der Waals surface area contributed by atoms with Gasteiger partial charge >= 0.3 is 0 Å². The molecular formula is C24H27N3O4. The highest BCUT2D eigenvalue weighted by Gasteiger charge is 2.26. The largest absolute Gasteiger partial charge is 0.493 e. The minimum absolute atomic E-state index is 0.0784. The van der Waals surface area contributed by atoms with Crippen LogP contribution in [0.25, 0.3) is 16.8 Å². The summed E-state index contributed by atoms with van der Waals surface area (Å²) in [6, 6.07) is 15.3. The Labute approximate surface area is 182 Å². The van der Waals surface area contributed by atoms with Crippen molar-refractivity contribution in [1.82, 2.24) is 14.7 Å². The molecule has 1 aromatic heterocycles. The second-order valence-corrected chi connectivity index (χ2v) is 7.56. The molecule has 1 saturated heterocycles. The lowest BCUT2D eigenvalue weighted by molar-refractivity contribution is 0.0583. The van der Waals surface area contributed by atoms with E-state index in [0.29, 0.717) is 23.7 Å². The van der Waals surface area contributed by atoms with Crippen LogP contribution in [0.15, 0.2) is 54.7 Å². The van der Waals surface area contributed by atoms with Gasteiger partial charge in [-0.25, -0.2) is 4.68 Å². The van der Waals surface area contributed by atoms with Gasteiger partial charge in [0.25, 0.3) is 5.91 Å². The van der Waals surface area contributed by atoms with E-state index in [-0.39, 0.29) is 12.0 Å². The van der Waals surface area contributed by atoms with Crippen LogP contribution in [0.2, 0.25) is 0 Å². The van der Waals surface area contributed by atoms with Gasteiger partial charge in [-0.2, -0.15) is 5.10 Å². The van der Waals surface area contributed by atoms with Crippen molar-refractivity contribution in [3.8, 4) is 28.3 Å². The molecule has 7 heteroatoms. The van der Waals surface area contributed by atoms with Crippen LogP contribution in [-0.2, 0) is 4.74 Å². The topological polar surface area (TPSA) is 65.8 Å². The molecule has 7 nitrogen and oxygen atoms in total. The normalized spacial score (nSPS) is 15.6. The summed E-state index contributed by atoms with van der Waals surface area (Å²) in [5, 5.41) is 4.66. The maximum Gasteiger partial charge on any atom is 0.274 e. The number of aromatic nitrogens is 2. The Hall–Kier alpha value is -3.32. The van der Waals surface area contributed by atoms with Gasteiger partial charge in [0.2, 0.25) is 0 Å². The number of amides is 1. The zero-order chi connectivity index (χ0) is 21.8. The molecule has 0 bridgehead atoms. The van der Waals surface area contributed by atoms with E-state index in [4.69, 9.17) is 14.2 Å². The highest BCUT2D eigenvalue weighted by atomic mass is 16.5. The third-order valence-corrected chi connectivity index (χ3v) is 5.48. The molecule has 162 valence electrons. The molecule has 0 saturated carbocycles. The smallest absolute Gasteiger partial charge is 0.274 e. The van der Waals surface area contributed by atoms with Crippen molar-refractivity contribution in [3.63, 3.8) is 0 Å². The van der Waals surface area contributed by atoms with Crippen molar-refractivity contribution in [2.75, 3.05) is 34.4 Å². The molecule has 4 rings (SSSR count). The van der Waals surface area contributed by atoms with E-state index in [1.807, 2.05) is 54.7 Å². The molecule has 2 aromatic carbocycles. The molecule has 1 aliphatic heterocycles. The summed E-state index contributed by atoms with van der Waals surface area (Å²) in [6.45, 7) is 1.30. The van der Waals surface area contributed by atoms with E-state index < -0.39 is 0 Å². The van der Waals surface area contributed by atoms with E-state index in [2.05, 4.69) is 5.10 Å². The molecule has 1 atom stereocenters. The Kier molecular flexibility index (Phi) is 6.23. The quantitative estimate of drug-likeness (QED) is 0.580. The third-order valence-electron chi connectivity index (χ3n) is 5.48. The summed E-state index contributed by atoms with van der Waals surface area (Å²) in [5.41, 5.74) is 2.82. The first-order chi connectivity index (χ1) is 15.1. The minimum atomic E-state index is -0.144. The number of carbonyl (C=O) groups excluding carboxylic acids is 1. The number of methoxy groups -OCH3 is 2. The molecule has 1 unspecified atom stereocenters. The molecule has 3 aromatic rings. The predicted molar refractivity (Wildman–Crippen MR) is 118 cm³/mol. The van der Waals surface area contributed by atoms with Crippen LogP contribution in [0.1, 0.15) is 23.3 Å². The Morgan fingerprint density at radius 3 is 2.61 bits per heavy atom. The summed E-state index contributed by atoms with van der Waals surface area (Å²) in [4.78, 5) is 15.1. The predicted octanol–water partition coefficient (Wildman–Crippen LogP) is 3.81. The Morgan fingerprint density at radius 1 is 1.16 bits per heavy atom. The molecule has 0 aliphatic carbocycles. The van der Waals surface area contributed by atoms with Gasteiger partial charge in [-0.1, -0.05) is 24.3 Å². The first-order valence-corrected chi connectivity index (χ1v) is 10.3. The number of para-hydroxylation sites is 1. The van der Waals surface area contributed by atoms with Gasteiger partial charge in [0.15, 0.2) is 17.2 Å². The lowest BCUT2D eigenvalue weighted by Crippen LogP contribution is -2.34. The molecule has 0 spiro atoms. The Balaban J connectivity index is 1.74.